The summed E-state index contributed by atoms with van der Waals surface area (Å²) in [5, 5.41) is 33.2. The first-order valence-corrected chi connectivity index (χ1v) is 19.2. The van der Waals surface area contributed by atoms with Gasteiger partial charge >= 0.3 is 0 Å². The number of hydrogen-bond donors (Lipinski definition) is 4. The van der Waals surface area contributed by atoms with Crippen molar-refractivity contribution in [2.24, 2.45) is 34.8 Å². The lowest BCUT2D eigenvalue weighted by Crippen LogP contribution is -2.52. The first-order chi connectivity index (χ1) is 22.5. The smallest absolute Gasteiger partial charge is 0.225 e. The number of likely N-dealkylation sites (N-methyl/N-ethyl adjacent to an activating group) is 1. The summed E-state index contributed by atoms with van der Waals surface area (Å²) in [5.41, 5.74) is 5.91. The molecular weight excluding hydrogens is 630 g/mol. The molecule has 2 rings (SSSR count). The Morgan fingerprint density at radius 1 is 1.12 bits per heavy atom. The Bertz CT molecular complexity index is 984. The number of nitrogens with two attached hydrogens (primary N) is 1. The molecule has 1 heterocycles. The molecule has 2 bridgehead atoms. The van der Waals surface area contributed by atoms with Crippen molar-refractivity contribution in [3.05, 3.63) is 11.8 Å². The number of unbranched alkanes of at least 4 members (excludes halogenated alkanes) is 2. The molecule has 0 saturated carbocycles. The van der Waals surface area contributed by atoms with Gasteiger partial charge in [-0.25, -0.2) is 0 Å². The molecule has 1 aliphatic heterocycles. The second-order valence-corrected chi connectivity index (χ2v) is 16.5. The van der Waals surface area contributed by atoms with Crippen LogP contribution in [0.3, 0.4) is 0 Å². The maximum absolute atomic E-state index is 14.2. The lowest BCUT2D eigenvalue weighted by Gasteiger charge is -2.45. The number of rotatable bonds is 10. The van der Waals surface area contributed by atoms with Crippen LogP contribution in [0.4, 0.5) is 0 Å². The maximum Gasteiger partial charge on any atom is 0.225 e. The number of hydrogen-bond acceptors (Lipinski definition) is 8. The molecule has 0 aromatic heterocycles. The maximum atomic E-state index is 14.2. The molecular formula is C38H72ClN3O6. The molecule has 8 unspecified atom stereocenters. The van der Waals surface area contributed by atoms with Crippen molar-refractivity contribution in [3.8, 4) is 0 Å². The van der Waals surface area contributed by atoms with Crippen molar-refractivity contribution in [2.75, 3.05) is 21.2 Å². The van der Waals surface area contributed by atoms with Gasteiger partial charge in [0.25, 0.3) is 0 Å². The van der Waals surface area contributed by atoms with Gasteiger partial charge in [-0.05, 0) is 87.7 Å². The highest BCUT2D eigenvalue weighted by molar-refractivity contribution is 6.23. The van der Waals surface area contributed by atoms with E-state index in [9.17, 15) is 20.1 Å². The topological polar surface area (TPSA) is 129 Å². The molecule has 1 fully saturated rings. The normalized spacial score (nSPS) is 35.2. The fraction of sp³-hybridized carbons (Fsp3) is 0.921. The molecule has 0 spiro atoms. The van der Waals surface area contributed by atoms with Crippen LogP contribution in [0, 0.1) is 29.1 Å². The molecule has 48 heavy (non-hydrogen) atoms. The zero-order valence-electron chi connectivity index (χ0n) is 31.9. The van der Waals surface area contributed by atoms with Crippen molar-refractivity contribution in [3.63, 3.8) is 0 Å². The lowest BCUT2D eigenvalue weighted by molar-refractivity contribution is -0.215. The number of methoxy groups -OCH3 is 1. The molecule has 1 saturated heterocycles. The van der Waals surface area contributed by atoms with Crippen LogP contribution in [0.2, 0.25) is 0 Å². The van der Waals surface area contributed by atoms with Gasteiger partial charge in [-0.1, -0.05) is 73.6 Å². The Morgan fingerprint density at radius 2 is 1.77 bits per heavy atom. The van der Waals surface area contributed by atoms with Gasteiger partial charge in [-0.3, -0.25) is 9.69 Å². The standard InChI is InChI=1S/C38H72ClN3O6/c1-11-12-13-18-34(44)41(8)27(5)37(46)48-33-23-35(45)42(9)30-20-28(21-32(47-10)36(30)39)19-24(2)16-14-15-17-29(40)22-31(43)25(3)26(4)38(33,6)7/h21,24-31,33-34,36-37,43-44,46H,11-20,22-23,40H2,1-10H3/t24?,25-,26-,27-,28?,29?,30?,31?,33-,34?,36?,37?/m0/s1. The van der Waals surface area contributed by atoms with Gasteiger partial charge in [0.15, 0.2) is 6.29 Å². The van der Waals surface area contributed by atoms with E-state index in [4.69, 9.17) is 26.8 Å². The third-order valence-electron chi connectivity index (χ3n) is 12.1. The highest BCUT2D eigenvalue weighted by Crippen LogP contribution is 2.42. The number of carbonyl (C=O) groups excluding carboxylic acids is 1. The lowest BCUT2D eigenvalue weighted by atomic mass is 9.67. The van der Waals surface area contributed by atoms with E-state index in [1.807, 2.05) is 20.9 Å². The molecule has 12 atom stereocenters. The zero-order chi connectivity index (χ0) is 36.3. The minimum Gasteiger partial charge on any atom is -0.500 e. The number of aliphatic hydroxyl groups excluding tert-OH is 3. The van der Waals surface area contributed by atoms with Crippen LogP contribution in [0.1, 0.15) is 126 Å². The highest BCUT2D eigenvalue weighted by atomic mass is 35.5. The van der Waals surface area contributed by atoms with E-state index in [2.05, 4.69) is 40.7 Å². The second kappa shape index (κ2) is 20.2. The largest absolute Gasteiger partial charge is 0.500 e. The molecule has 0 radical (unpaired) electrons. The summed E-state index contributed by atoms with van der Waals surface area (Å²) in [7, 11) is 5.24. The van der Waals surface area contributed by atoms with E-state index in [1.54, 1.807) is 24.0 Å². The predicted octanol–water partition coefficient (Wildman–Crippen LogP) is 6.26. The first kappa shape index (κ1) is 43.2. The minimum absolute atomic E-state index is 0.0237. The van der Waals surface area contributed by atoms with Gasteiger partial charge in [0, 0.05) is 13.1 Å². The van der Waals surface area contributed by atoms with E-state index in [0.717, 1.165) is 57.8 Å². The van der Waals surface area contributed by atoms with E-state index in [0.29, 0.717) is 24.5 Å². The van der Waals surface area contributed by atoms with Gasteiger partial charge in [-0.15, -0.1) is 11.6 Å². The average molecular weight is 702 g/mol. The Morgan fingerprint density at radius 3 is 2.40 bits per heavy atom. The van der Waals surface area contributed by atoms with Crippen molar-refractivity contribution in [1.82, 2.24) is 9.80 Å². The number of carbonyl (C=O) groups is 1. The van der Waals surface area contributed by atoms with Crippen LogP contribution in [0.5, 0.6) is 0 Å². The number of fused-ring (bicyclic) bond motifs is 2. The number of allylic oxidation sites excluding steroid dienone is 1. The van der Waals surface area contributed by atoms with E-state index in [1.165, 1.54) is 0 Å². The SMILES string of the molecule is CCCCCC(O)N(C)[C@@H](C)C(O)O[C@H]1CC(=O)N(C)C2CC(C=C(OC)C2Cl)CC(C)CCCCC(N)CC(O)[C@@H](C)[C@H](C)C1(C)C. The Labute approximate surface area is 297 Å². The summed E-state index contributed by atoms with van der Waals surface area (Å²) in [4.78, 5) is 17.7. The van der Waals surface area contributed by atoms with Crippen LogP contribution in [-0.2, 0) is 14.3 Å². The van der Waals surface area contributed by atoms with Crippen molar-refractivity contribution in [1.29, 1.82) is 0 Å². The molecule has 0 aromatic carbocycles. The Hall–Kier alpha value is -0.940. The molecule has 2 aliphatic rings. The summed E-state index contributed by atoms with van der Waals surface area (Å²) in [6, 6.07) is -0.876. The number of amides is 1. The van der Waals surface area contributed by atoms with E-state index in [-0.39, 0.29) is 42.2 Å². The fourth-order valence-electron chi connectivity index (χ4n) is 7.70. The second-order valence-electron chi connectivity index (χ2n) is 16.0. The molecule has 1 aliphatic carbocycles. The van der Waals surface area contributed by atoms with Crippen LogP contribution < -0.4 is 5.73 Å². The monoisotopic (exact) mass is 702 g/mol. The third kappa shape index (κ3) is 12.1. The third-order valence-corrected chi connectivity index (χ3v) is 12.6. The van der Waals surface area contributed by atoms with Crippen molar-refractivity contribution >= 4 is 17.5 Å². The van der Waals surface area contributed by atoms with Gasteiger partial charge in [0.2, 0.25) is 5.91 Å². The Kier molecular flexibility index (Phi) is 18.2. The number of aliphatic hydroxyl groups is 3. The van der Waals surface area contributed by atoms with Gasteiger partial charge in [0.05, 0.1) is 37.8 Å². The summed E-state index contributed by atoms with van der Waals surface area (Å²) < 4.78 is 12.2. The summed E-state index contributed by atoms with van der Waals surface area (Å²) in [5.74, 6) is 1.08. The Balaban J connectivity index is 2.45. The summed E-state index contributed by atoms with van der Waals surface area (Å²) in [6.07, 6.45) is 8.78. The number of nitrogens with zero attached hydrogens (tertiary/aromatic N) is 2. The van der Waals surface area contributed by atoms with E-state index >= 15 is 0 Å². The van der Waals surface area contributed by atoms with Gasteiger partial charge in [-0.2, -0.15) is 0 Å². The molecule has 10 heteroatoms. The van der Waals surface area contributed by atoms with Crippen LogP contribution in [0.15, 0.2) is 11.8 Å². The number of ether oxygens (including phenoxy) is 2. The van der Waals surface area contributed by atoms with Gasteiger partial charge in [0.1, 0.15) is 17.4 Å². The molecule has 282 valence electrons. The highest BCUT2D eigenvalue weighted by Gasteiger charge is 2.45. The van der Waals surface area contributed by atoms with Crippen LogP contribution in [-0.4, -0.2) is 100 Å². The number of halogens is 1. The quantitative estimate of drug-likeness (QED) is 0.119. The van der Waals surface area contributed by atoms with Crippen LogP contribution >= 0.6 is 11.6 Å². The molecule has 1 amide bonds. The first-order valence-electron chi connectivity index (χ1n) is 18.8. The number of alkyl halides is 1. The van der Waals surface area contributed by atoms with Crippen molar-refractivity contribution < 1.29 is 29.6 Å². The van der Waals surface area contributed by atoms with Crippen molar-refractivity contribution in [2.45, 2.75) is 174 Å². The summed E-state index contributed by atoms with van der Waals surface area (Å²) >= 11 is 6.97. The molecule has 9 nitrogen and oxygen atoms in total. The molecule has 5 N–H and O–H groups in total. The zero-order valence-corrected chi connectivity index (χ0v) is 32.7. The van der Waals surface area contributed by atoms with E-state index < -0.39 is 41.6 Å². The van der Waals surface area contributed by atoms with Gasteiger partial charge < -0.3 is 35.4 Å². The fourth-order valence-corrected chi connectivity index (χ4v) is 8.13. The predicted molar refractivity (Wildman–Crippen MR) is 195 cm³/mol. The average Bonchev–Trinajstić information content (AvgIpc) is 3.04. The summed E-state index contributed by atoms with van der Waals surface area (Å²) in [6.45, 7) is 14.5. The van der Waals surface area contributed by atoms with Crippen LogP contribution in [0.25, 0.3) is 0 Å². The minimum atomic E-state index is -1.26. The molecule has 0 aromatic rings.